The van der Waals surface area contributed by atoms with Gasteiger partial charge in [0, 0.05) is 12.6 Å². The molecule has 1 amide bonds. The maximum atomic E-state index is 13.2. The summed E-state index contributed by atoms with van der Waals surface area (Å²) in [5, 5.41) is 19.9. The van der Waals surface area contributed by atoms with Crippen molar-refractivity contribution in [1.29, 1.82) is 0 Å². The van der Waals surface area contributed by atoms with Gasteiger partial charge in [0.2, 0.25) is 0 Å². The summed E-state index contributed by atoms with van der Waals surface area (Å²) in [5.74, 6) is -1.02. The Morgan fingerprint density at radius 1 is 1.46 bits per heavy atom. The highest BCUT2D eigenvalue weighted by Gasteiger charge is 2.18. The number of nitrogens with zero attached hydrogens (tertiary/aromatic N) is 2. The van der Waals surface area contributed by atoms with Gasteiger partial charge in [-0.2, -0.15) is 5.10 Å². The van der Waals surface area contributed by atoms with Gasteiger partial charge in [0.25, 0.3) is 5.91 Å². The van der Waals surface area contributed by atoms with Crippen LogP contribution in [0.25, 0.3) is 5.69 Å². The second-order valence-corrected chi connectivity index (χ2v) is 5.41. The van der Waals surface area contributed by atoms with Gasteiger partial charge in [0.15, 0.2) is 11.4 Å². The number of aryl methyl sites for hydroxylation is 1. The lowest BCUT2D eigenvalue weighted by atomic mass is 10.2. The predicted molar refractivity (Wildman–Crippen MR) is 92.6 cm³/mol. The molecule has 0 aliphatic heterocycles. The first-order valence-electron chi connectivity index (χ1n) is 7.49. The topological polar surface area (TPSA) is 79.2 Å². The van der Waals surface area contributed by atoms with E-state index in [9.17, 15) is 14.3 Å². The Morgan fingerprint density at radius 2 is 2.17 bits per heavy atom. The van der Waals surface area contributed by atoms with Gasteiger partial charge in [-0.25, -0.2) is 9.07 Å². The second kappa shape index (κ2) is 8.65. The fraction of sp³-hybridized carbons (Fsp3) is 0.375. The van der Waals surface area contributed by atoms with Crippen molar-refractivity contribution in [3.05, 3.63) is 41.5 Å². The van der Waals surface area contributed by atoms with Gasteiger partial charge < -0.3 is 15.7 Å². The van der Waals surface area contributed by atoms with Crippen molar-refractivity contribution >= 4 is 18.3 Å². The Balaban J connectivity index is 0.00000288. The SMILES string of the molecule is CCN[C@H](C)CNC(=O)c1nn(-c2ccc(F)cc2C)cc1O.Cl. The average molecular weight is 357 g/mol. The smallest absolute Gasteiger partial charge is 0.275 e. The maximum absolute atomic E-state index is 13.2. The molecular weight excluding hydrogens is 335 g/mol. The molecule has 3 N–H and O–H groups in total. The van der Waals surface area contributed by atoms with E-state index in [2.05, 4.69) is 15.7 Å². The van der Waals surface area contributed by atoms with Gasteiger partial charge in [0.05, 0.1) is 11.9 Å². The predicted octanol–water partition coefficient (Wildman–Crippen LogP) is 2.18. The molecule has 0 bridgehead atoms. The van der Waals surface area contributed by atoms with E-state index in [-0.39, 0.29) is 35.7 Å². The number of likely N-dealkylation sites (N-methyl/N-ethyl adjacent to an activating group) is 1. The quantitative estimate of drug-likeness (QED) is 0.741. The Bertz CT molecular complexity index is 705. The molecule has 132 valence electrons. The number of aromatic nitrogens is 2. The van der Waals surface area contributed by atoms with Crippen molar-refractivity contribution in [2.24, 2.45) is 0 Å². The molecule has 0 radical (unpaired) electrons. The number of benzene rings is 1. The lowest BCUT2D eigenvalue weighted by Crippen LogP contribution is -2.39. The number of hydrogen-bond acceptors (Lipinski definition) is 4. The molecular formula is C16H22ClFN4O2. The van der Waals surface area contributed by atoms with Crippen LogP contribution in [0.5, 0.6) is 5.75 Å². The third-order valence-electron chi connectivity index (χ3n) is 3.44. The Hall–Kier alpha value is -2.12. The Kier molecular flexibility index (Phi) is 7.18. The molecule has 0 unspecified atom stereocenters. The van der Waals surface area contributed by atoms with E-state index >= 15 is 0 Å². The summed E-state index contributed by atoms with van der Waals surface area (Å²) >= 11 is 0. The van der Waals surface area contributed by atoms with Crippen LogP contribution in [0.15, 0.2) is 24.4 Å². The zero-order valence-electron chi connectivity index (χ0n) is 13.8. The zero-order chi connectivity index (χ0) is 17.0. The minimum absolute atomic E-state index is 0. The van der Waals surface area contributed by atoms with Gasteiger partial charge in [-0.3, -0.25) is 4.79 Å². The zero-order valence-corrected chi connectivity index (χ0v) is 14.7. The van der Waals surface area contributed by atoms with Crippen molar-refractivity contribution in [3.63, 3.8) is 0 Å². The highest BCUT2D eigenvalue weighted by Crippen LogP contribution is 2.20. The maximum Gasteiger partial charge on any atom is 0.275 e. The largest absolute Gasteiger partial charge is 0.504 e. The van der Waals surface area contributed by atoms with Gasteiger partial charge in [-0.15, -0.1) is 12.4 Å². The molecule has 2 rings (SSSR count). The number of halogens is 2. The van der Waals surface area contributed by atoms with Crippen LogP contribution in [0.3, 0.4) is 0 Å². The first kappa shape index (κ1) is 19.9. The summed E-state index contributed by atoms with van der Waals surface area (Å²) in [6.45, 7) is 6.89. The van der Waals surface area contributed by atoms with Crippen LogP contribution in [-0.2, 0) is 0 Å². The van der Waals surface area contributed by atoms with E-state index in [0.717, 1.165) is 6.54 Å². The molecule has 1 aromatic heterocycles. The van der Waals surface area contributed by atoms with E-state index in [0.29, 0.717) is 17.8 Å². The number of carbonyl (C=O) groups is 1. The average Bonchev–Trinajstić information content (AvgIpc) is 2.87. The molecule has 1 heterocycles. The summed E-state index contributed by atoms with van der Waals surface area (Å²) in [6.07, 6.45) is 1.34. The van der Waals surface area contributed by atoms with Crippen LogP contribution in [0.4, 0.5) is 4.39 Å². The molecule has 0 spiro atoms. The summed E-state index contributed by atoms with van der Waals surface area (Å²) < 4.78 is 14.5. The molecule has 1 aromatic carbocycles. The Labute approximate surface area is 146 Å². The molecule has 6 nitrogen and oxygen atoms in total. The van der Waals surface area contributed by atoms with Crippen LogP contribution < -0.4 is 10.6 Å². The summed E-state index contributed by atoms with van der Waals surface area (Å²) in [4.78, 5) is 12.1. The highest BCUT2D eigenvalue weighted by atomic mass is 35.5. The second-order valence-electron chi connectivity index (χ2n) is 5.41. The van der Waals surface area contributed by atoms with Gasteiger partial charge in [-0.1, -0.05) is 6.92 Å². The number of rotatable bonds is 6. The van der Waals surface area contributed by atoms with Crippen molar-refractivity contribution in [2.45, 2.75) is 26.8 Å². The number of hydrogen-bond donors (Lipinski definition) is 3. The highest BCUT2D eigenvalue weighted by molar-refractivity contribution is 5.94. The van der Waals surface area contributed by atoms with E-state index < -0.39 is 5.91 Å². The summed E-state index contributed by atoms with van der Waals surface area (Å²) in [5.41, 5.74) is 1.19. The van der Waals surface area contributed by atoms with Crippen LogP contribution in [0, 0.1) is 12.7 Å². The molecule has 0 fully saturated rings. The van der Waals surface area contributed by atoms with Gasteiger partial charge in [0.1, 0.15) is 5.82 Å². The first-order chi connectivity index (χ1) is 10.9. The fourth-order valence-electron chi connectivity index (χ4n) is 2.28. The van der Waals surface area contributed by atoms with Crippen LogP contribution in [0.1, 0.15) is 29.9 Å². The van der Waals surface area contributed by atoms with E-state index in [1.807, 2.05) is 13.8 Å². The molecule has 24 heavy (non-hydrogen) atoms. The van der Waals surface area contributed by atoms with Crippen molar-refractivity contribution in [2.75, 3.05) is 13.1 Å². The molecule has 0 saturated heterocycles. The lowest BCUT2D eigenvalue weighted by molar-refractivity contribution is 0.0942. The minimum atomic E-state index is -0.453. The molecule has 0 saturated carbocycles. The molecule has 0 aliphatic carbocycles. The summed E-state index contributed by atoms with van der Waals surface area (Å²) in [6, 6.07) is 4.34. The van der Waals surface area contributed by atoms with E-state index in [1.165, 1.54) is 23.0 Å². The third kappa shape index (κ3) is 4.69. The van der Waals surface area contributed by atoms with Gasteiger partial charge >= 0.3 is 0 Å². The minimum Gasteiger partial charge on any atom is -0.504 e. The molecule has 1 atom stereocenters. The van der Waals surface area contributed by atoms with Crippen molar-refractivity contribution in [1.82, 2.24) is 20.4 Å². The molecule has 0 aliphatic rings. The van der Waals surface area contributed by atoms with Crippen molar-refractivity contribution in [3.8, 4) is 11.4 Å². The van der Waals surface area contributed by atoms with Crippen LogP contribution >= 0.6 is 12.4 Å². The number of amides is 1. The number of nitrogens with one attached hydrogen (secondary N) is 2. The van der Waals surface area contributed by atoms with Gasteiger partial charge in [-0.05, 0) is 44.2 Å². The third-order valence-corrected chi connectivity index (χ3v) is 3.44. The van der Waals surface area contributed by atoms with Crippen molar-refractivity contribution < 1.29 is 14.3 Å². The lowest BCUT2D eigenvalue weighted by Gasteiger charge is -2.12. The van der Waals surface area contributed by atoms with Crippen LogP contribution in [-0.4, -0.2) is 39.9 Å². The molecule has 2 aromatic rings. The fourth-order valence-corrected chi connectivity index (χ4v) is 2.28. The first-order valence-corrected chi connectivity index (χ1v) is 7.49. The van der Waals surface area contributed by atoms with Crippen LogP contribution in [0.2, 0.25) is 0 Å². The standard InChI is InChI=1S/C16H21FN4O2.ClH/c1-4-18-11(3)8-19-16(23)15-14(22)9-21(20-15)13-6-5-12(17)7-10(13)2;/h5-7,9,11,18,22H,4,8H2,1-3H3,(H,19,23);1H/t11-;/m1./s1. The molecule has 8 heteroatoms. The Morgan fingerprint density at radius 3 is 2.79 bits per heavy atom. The summed E-state index contributed by atoms with van der Waals surface area (Å²) in [7, 11) is 0. The van der Waals surface area contributed by atoms with E-state index in [4.69, 9.17) is 0 Å². The van der Waals surface area contributed by atoms with E-state index in [1.54, 1.807) is 13.0 Å². The normalized spacial score (nSPS) is 11.7. The monoisotopic (exact) mass is 356 g/mol. The number of aromatic hydroxyl groups is 1. The number of carbonyl (C=O) groups excluding carboxylic acids is 1.